The van der Waals surface area contributed by atoms with Crippen LogP contribution >= 0.6 is 0 Å². The van der Waals surface area contributed by atoms with E-state index >= 15 is 0 Å². The van der Waals surface area contributed by atoms with Crippen molar-refractivity contribution in [2.75, 3.05) is 13.2 Å². The van der Waals surface area contributed by atoms with E-state index in [4.69, 9.17) is 9.47 Å². The zero-order valence-electron chi connectivity index (χ0n) is 13.9. The average molecular weight is 304 g/mol. The molecule has 0 aromatic heterocycles. The third-order valence-corrected chi connectivity index (χ3v) is 4.31. The third-order valence-electron chi connectivity index (χ3n) is 4.31. The van der Waals surface area contributed by atoms with Gasteiger partial charge in [-0.15, -0.1) is 0 Å². The van der Waals surface area contributed by atoms with Crippen LogP contribution in [0.15, 0.2) is 47.8 Å². The molecular weight excluding hydrogens is 276 g/mol. The molecule has 0 saturated heterocycles. The highest BCUT2D eigenvalue weighted by Crippen LogP contribution is 2.31. The minimum Gasteiger partial charge on any atom is -0.491 e. The zero-order valence-corrected chi connectivity index (χ0v) is 13.9. The maximum atomic E-state index is 9.51. The number of aliphatic hydroxyl groups excluding tert-OH is 1. The molecule has 22 heavy (non-hydrogen) atoms. The van der Waals surface area contributed by atoms with Crippen LogP contribution in [-0.4, -0.2) is 30.5 Å². The Balaban J connectivity index is 1.81. The van der Waals surface area contributed by atoms with Gasteiger partial charge in [-0.1, -0.05) is 31.2 Å². The van der Waals surface area contributed by atoms with Crippen molar-refractivity contribution in [3.05, 3.63) is 47.8 Å². The largest absolute Gasteiger partial charge is 0.491 e. The first kappa shape index (κ1) is 17.0. The van der Waals surface area contributed by atoms with Gasteiger partial charge in [-0.05, 0) is 56.3 Å². The van der Waals surface area contributed by atoms with Crippen molar-refractivity contribution in [3.8, 4) is 0 Å². The molecule has 0 heterocycles. The number of rotatable bonds is 7. The van der Waals surface area contributed by atoms with Gasteiger partial charge in [0.1, 0.15) is 12.4 Å². The predicted molar refractivity (Wildman–Crippen MR) is 89.4 cm³/mol. The van der Waals surface area contributed by atoms with Crippen molar-refractivity contribution in [2.24, 2.45) is 11.8 Å². The maximum Gasteiger partial charge on any atom is 0.115 e. The number of aliphatic hydroxyl groups is 1. The van der Waals surface area contributed by atoms with E-state index in [1.165, 1.54) is 5.57 Å². The summed E-state index contributed by atoms with van der Waals surface area (Å²) in [6.45, 7) is 7.58. The van der Waals surface area contributed by atoms with Gasteiger partial charge in [-0.3, -0.25) is 0 Å². The van der Waals surface area contributed by atoms with Gasteiger partial charge in [0.15, 0.2) is 0 Å². The van der Waals surface area contributed by atoms with Crippen LogP contribution in [0.2, 0.25) is 0 Å². The summed E-state index contributed by atoms with van der Waals surface area (Å²) < 4.78 is 11.2. The molecule has 2 aliphatic carbocycles. The molecule has 0 fully saturated rings. The predicted octanol–water partition coefficient (Wildman–Crippen LogP) is 3.77. The number of ether oxygens (including phenoxy) is 2. The van der Waals surface area contributed by atoms with Crippen LogP contribution in [0.4, 0.5) is 0 Å². The van der Waals surface area contributed by atoms with Crippen molar-refractivity contribution in [2.45, 2.75) is 45.8 Å². The molecule has 0 amide bonds. The van der Waals surface area contributed by atoms with Crippen LogP contribution in [0.25, 0.3) is 0 Å². The van der Waals surface area contributed by atoms with E-state index in [2.05, 4.69) is 37.3 Å². The minimum absolute atomic E-state index is 0.125. The standard InChI is InChI=1S/C19H28O3/c1-4-21-14(2)13-22-19-11-7-17(8-12-19)15(3)16-5-9-18(20)10-6-16/h5-7,9,11-12,14-15,17-18,20H,4,8,10,13H2,1-3H3. The van der Waals surface area contributed by atoms with Gasteiger partial charge < -0.3 is 14.6 Å². The molecule has 4 atom stereocenters. The van der Waals surface area contributed by atoms with Crippen LogP contribution < -0.4 is 0 Å². The van der Waals surface area contributed by atoms with Crippen molar-refractivity contribution in [1.82, 2.24) is 0 Å². The summed E-state index contributed by atoms with van der Waals surface area (Å²) in [6.07, 6.45) is 14.1. The van der Waals surface area contributed by atoms with Gasteiger partial charge in [0.25, 0.3) is 0 Å². The normalized spacial score (nSPS) is 27.1. The SMILES string of the molecule is CCOC(C)COC1=CCC(C(C)C2=CCC(O)C=C2)C=C1. The molecule has 0 saturated carbocycles. The Kier molecular flexibility index (Phi) is 6.47. The maximum absolute atomic E-state index is 9.51. The molecule has 122 valence electrons. The Labute approximate surface area is 134 Å². The molecule has 0 aromatic carbocycles. The van der Waals surface area contributed by atoms with Crippen LogP contribution in [0.3, 0.4) is 0 Å². The van der Waals surface area contributed by atoms with E-state index in [0.29, 0.717) is 18.4 Å². The van der Waals surface area contributed by atoms with Crippen LogP contribution in [0.1, 0.15) is 33.6 Å². The first-order chi connectivity index (χ1) is 10.6. The number of hydrogen-bond acceptors (Lipinski definition) is 3. The Morgan fingerprint density at radius 3 is 2.59 bits per heavy atom. The number of allylic oxidation sites excluding steroid dienone is 5. The Hall–Kier alpha value is -1.32. The van der Waals surface area contributed by atoms with E-state index in [-0.39, 0.29) is 12.2 Å². The highest BCUT2D eigenvalue weighted by molar-refractivity contribution is 5.29. The molecule has 0 bridgehead atoms. The first-order valence-electron chi connectivity index (χ1n) is 8.29. The molecule has 0 aromatic rings. The van der Waals surface area contributed by atoms with Crippen LogP contribution in [0.5, 0.6) is 0 Å². The highest BCUT2D eigenvalue weighted by Gasteiger charge is 2.20. The van der Waals surface area contributed by atoms with Gasteiger partial charge in [0, 0.05) is 6.61 Å². The van der Waals surface area contributed by atoms with Gasteiger partial charge in [0.2, 0.25) is 0 Å². The fourth-order valence-corrected chi connectivity index (χ4v) is 2.85. The van der Waals surface area contributed by atoms with E-state index in [9.17, 15) is 5.11 Å². The fourth-order valence-electron chi connectivity index (χ4n) is 2.85. The quantitative estimate of drug-likeness (QED) is 0.778. The summed E-state index contributed by atoms with van der Waals surface area (Å²) in [5, 5.41) is 9.51. The summed E-state index contributed by atoms with van der Waals surface area (Å²) in [4.78, 5) is 0. The smallest absolute Gasteiger partial charge is 0.115 e. The van der Waals surface area contributed by atoms with Crippen molar-refractivity contribution >= 4 is 0 Å². The Morgan fingerprint density at radius 1 is 1.18 bits per heavy atom. The first-order valence-corrected chi connectivity index (χ1v) is 8.29. The molecule has 1 N–H and O–H groups in total. The molecule has 3 heteroatoms. The topological polar surface area (TPSA) is 38.7 Å². The second kappa shape index (κ2) is 8.35. The second-order valence-corrected chi connectivity index (χ2v) is 6.10. The van der Waals surface area contributed by atoms with E-state index in [1.807, 2.05) is 19.9 Å². The molecule has 0 radical (unpaired) electrons. The Bertz CT molecular complexity index is 473. The second-order valence-electron chi connectivity index (χ2n) is 6.10. The molecule has 2 rings (SSSR count). The van der Waals surface area contributed by atoms with Gasteiger partial charge >= 0.3 is 0 Å². The molecule has 3 nitrogen and oxygen atoms in total. The van der Waals surface area contributed by atoms with Crippen molar-refractivity contribution in [1.29, 1.82) is 0 Å². The lowest BCUT2D eigenvalue weighted by Crippen LogP contribution is -2.18. The Morgan fingerprint density at radius 2 is 2.00 bits per heavy atom. The summed E-state index contributed by atoms with van der Waals surface area (Å²) in [5.41, 5.74) is 1.32. The zero-order chi connectivity index (χ0) is 15.9. The number of hydrogen-bond donors (Lipinski definition) is 1. The minimum atomic E-state index is -0.315. The van der Waals surface area contributed by atoms with Crippen LogP contribution in [0, 0.1) is 11.8 Å². The van der Waals surface area contributed by atoms with Crippen molar-refractivity contribution in [3.63, 3.8) is 0 Å². The lowest BCUT2D eigenvalue weighted by molar-refractivity contribution is 0.0216. The third kappa shape index (κ3) is 4.85. The van der Waals surface area contributed by atoms with E-state index < -0.39 is 0 Å². The molecule has 4 unspecified atom stereocenters. The fraction of sp³-hybridized carbons (Fsp3) is 0.579. The molecule has 2 aliphatic rings. The average Bonchev–Trinajstić information content (AvgIpc) is 2.54. The molecular formula is C19H28O3. The van der Waals surface area contributed by atoms with Gasteiger partial charge in [-0.25, -0.2) is 0 Å². The monoisotopic (exact) mass is 304 g/mol. The van der Waals surface area contributed by atoms with Crippen molar-refractivity contribution < 1.29 is 14.6 Å². The van der Waals surface area contributed by atoms with Crippen LogP contribution in [-0.2, 0) is 9.47 Å². The lowest BCUT2D eigenvalue weighted by Gasteiger charge is -2.26. The summed E-state index contributed by atoms with van der Waals surface area (Å²) in [6, 6.07) is 0. The van der Waals surface area contributed by atoms with Gasteiger partial charge in [-0.2, -0.15) is 0 Å². The van der Waals surface area contributed by atoms with Gasteiger partial charge in [0.05, 0.1) is 12.2 Å². The highest BCUT2D eigenvalue weighted by atomic mass is 16.5. The van der Waals surface area contributed by atoms with E-state index in [0.717, 1.165) is 25.2 Å². The molecule has 0 spiro atoms. The summed E-state index contributed by atoms with van der Waals surface area (Å²) in [5.74, 6) is 1.89. The lowest BCUT2D eigenvalue weighted by atomic mass is 9.81. The summed E-state index contributed by atoms with van der Waals surface area (Å²) in [7, 11) is 0. The van der Waals surface area contributed by atoms with E-state index in [1.54, 1.807) is 0 Å². The molecule has 0 aliphatic heterocycles. The summed E-state index contributed by atoms with van der Waals surface area (Å²) >= 11 is 0.